The highest BCUT2D eigenvalue weighted by Gasteiger charge is 2.57. The highest BCUT2D eigenvalue weighted by atomic mass is 16.3. The summed E-state index contributed by atoms with van der Waals surface area (Å²) in [6, 6.07) is 11.8. The summed E-state index contributed by atoms with van der Waals surface area (Å²) >= 11 is 0. The van der Waals surface area contributed by atoms with E-state index < -0.39 is 5.60 Å². The van der Waals surface area contributed by atoms with Gasteiger partial charge in [0.1, 0.15) is 0 Å². The first-order valence-corrected chi connectivity index (χ1v) is 8.75. The van der Waals surface area contributed by atoms with E-state index in [1.807, 2.05) is 13.8 Å². The molecule has 0 spiro atoms. The van der Waals surface area contributed by atoms with Gasteiger partial charge in [0, 0.05) is 24.5 Å². The molecule has 3 fully saturated rings. The zero-order valence-electron chi connectivity index (χ0n) is 14.7. The summed E-state index contributed by atoms with van der Waals surface area (Å²) in [4.78, 5) is 2.67. The first-order valence-electron chi connectivity index (χ1n) is 8.75. The Bertz CT molecular complexity index is 520. The number of hydrogen-bond acceptors (Lipinski definition) is 2. The van der Waals surface area contributed by atoms with Gasteiger partial charge in [-0.2, -0.15) is 0 Å². The van der Waals surface area contributed by atoms with Crippen LogP contribution in [0.3, 0.4) is 0 Å². The van der Waals surface area contributed by atoms with Gasteiger partial charge in [-0.3, -0.25) is 4.90 Å². The minimum atomic E-state index is -0.596. The second-order valence-corrected chi connectivity index (χ2v) is 8.51. The zero-order valence-corrected chi connectivity index (χ0v) is 14.7. The first-order chi connectivity index (χ1) is 10.2. The predicted molar refractivity (Wildman–Crippen MR) is 91.5 cm³/mol. The maximum atomic E-state index is 10.7. The molecule has 2 bridgehead atoms. The number of nitrogens with zero attached hydrogens (tertiary/aromatic N) is 1. The van der Waals surface area contributed by atoms with E-state index >= 15 is 0 Å². The highest BCUT2D eigenvalue weighted by Crippen LogP contribution is 2.56. The quantitative estimate of drug-likeness (QED) is 0.909. The average molecular weight is 301 g/mol. The van der Waals surface area contributed by atoms with Gasteiger partial charge in [-0.05, 0) is 50.5 Å². The molecule has 2 saturated heterocycles. The van der Waals surface area contributed by atoms with Gasteiger partial charge in [0.15, 0.2) is 0 Å². The molecule has 2 heteroatoms. The van der Waals surface area contributed by atoms with Crippen LogP contribution in [0.2, 0.25) is 0 Å². The summed E-state index contributed by atoms with van der Waals surface area (Å²) in [6.07, 6.45) is 2.36. The Morgan fingerprint density at radius 1 is 1.23 bits per heavy atom. The van der Waals surface area contributed by atoms with Crippen molar-refractivity contribution in [3.05, 3.63) is 35.9 Å². The van der Waals surface area contributed by atoms with Crippen LogP contribution in [0.5, 0.6) is 0 Å². The molecule has 1 aromatic carbocycles. The minimum absolute atomic E-state index is 0.300. The van der Waals surface area contributed by atoms with E-state index in [9.17, 15) is 5.11 Å². The topological polar surface area (TPSA) is 23.5 Å². The third kappa shape index (κ3) is 2.51. The molecule has 0 radical (unpaired) electrons. The average Bonchev–Trinajstić information content (AvgIpc) is 2.45. The standard InChI is InChI=1S/C20H31NO/c1-14-11-18-17(19(3,4)22)12-20(14,5)15(2)21(18)13-16-9-7-6-8-10-16/h6-10,14-15,17-18,22H,11-13H2,1-5H3. The number of fused-ring (bicyclic) bond motifs is 3. The van der Waals surface area contributed by atoms with E-state index in [2.05, 4.69) is 56.0 Å². The van der Waals surface area contributed by atoms with E-state index in [0.717, 1.165) is 18.9 Å². The highest BCUT2D eigenvalue weighted by molar-refractivity contribution is 5.17. The van der Waals surface area contributed by atoms with E-state index in [-0.39, 0.29) is 0 Å². The zero-order chi connectivity index (χ0) is 16.1. The number of piperidine rings is 2. The van der Waals surface area contributed by atoms with Crippen molar-refractivity contribution in [2.45, 2.75) is 71.7 Å². The van der Waals surface area contributed by atoms with Crippen LogP contribution in [0.15, 0.2) is 30.3 Å². The predicted octanol–water partition coefficient (Wildman–Crippen LogP) is 4.08. The Balaban J connectivity index is 1.92. The van der Waals surface area contributed by atoms with Crippen LogP contribution in [0.25, 0.3) is 0 Å². The normalized spacial score (nSPS) is 39.2. The molecule has 2 heterocycles. The lowest BCUT2D eigenvalue weighted by molar-refractivity contribution is -0.177. The van der Waals surface area contributed by atoms with Crippen LogP contribution < -0.4 is 0 Å². The summed E-state index contributed by atoms with van der Waals surface area (Å²) in [5, 5.41) is 10.7. The Kier molecular flexibility index (Phi) is 3.89. The van der Waals surface area contributed by atoms with Crippen molar-refractivity contribution in [1.29, 1.82) is 0 Å². The molecule has 0 aromatic heterocycles. The molecule has 0 amide bonds. The van der Waals surface area contributed by atoms with Gasteiger partial charge in [0.05, 0.1) is 5.60 Å². The summed E-state index contributed by atoms with van der Waals surface area (Å²) in [6.45, 7) is 12.2. The van der Waals surface area contributed by atoms with E-state index in [4.69, 9.17) is 0 Å². The first kappa shape index (κ1) is 16.0. The van der Waals surface area contributed by atoms with E-state index in [1.165, 1.54) is 12.0 Å². The Morgan fingerprint density at radius 3 is 2.45 bits per heavy atom. The molecule has 1 saturated carbocycles. The number of hydrogen-bond donors (Lipinski definition) is 1. The van der Waals surface area contributed by atoms with Gasteiger partial charge in [-0.25, -0.2) is 0 Å². The fourth-order valence-corrected chi connectivity index (χ4v) is 4.99. The molecular formula is C20H31NO. The Morgan fingerprint density at radius 2 is 1.86 bits per heavy atom. The van der Waals surface area contributed by atoms with Gasteiger partial charge in [0.2, 0.25) is 0 Å². The fraction of sp³-hybridized carbons (Fsp3) is 0.700. The summed E-state index contributed by atoms with van der Waals surface area (Å²) in [7, 11) is 0. The number of rotatable bonds is 3. The third-order valence-electron chi connectivity index (χ3n) is 6.84. The number of aliphatic hydroxyl groups is 1. The van der Waals surface area contributed by atoms with Crippen molar-refractivity contribution in [2.75, 3.05) is 0 Å². The molecule has 22 heavy (non-hydrogen) atoms. The molecule has 2 nitrogen and oxygen atoms in total. The molecule has 3 aliphatic rings. The second kappa shape index (κ2) is 5.35. The lowest BCUT2D eigenvalue weighted by Crippen LogP contribution is -2.68. The van der Waals surface area contributed by atoms with Gasteiger partial charge in [-0.1, -0.05) is 44.2 Å². The molecule has 122 valence electrons. The van der Waals surface area contributed by atoms with Crippen molar-refractivity contribution in [3.63, 3.8) is 0 Å². The summed E-state index contributed by atoms with van der Waals surface area (Å²) < 4.78 is 0. The molecule has 1 aliphatic carbocycles. The maximum Gasteiger partial charge on any atom is 0.0634 e. The molecular weight excluding hydrogens is 270 g/mol. The van der Waals surface area contributed by atoms with Crippen molar-refractivity contribution in [2.24, 2.45) is 17.3 Å². The van der Waals surface area contributed by atoms with Crippen LogP contribution in [0.4, 0.5) is 0 Å². The maximum absolute atomic E-state index is 10.7. The van der Waals surface area contributed by atoms with Gasteiger partial charge >= 0.3 is 0 Å². The summed E-state index contributed by atoms with van der Waals surface area (Å²) in [5.41, 5.74) is 1.09. The SMILES string of the molecule is CC1CC2C(C(C)(C)O)CC1(C)C(C)N2Cc1ccccc1. The van der Waals surface area contributed by atoms with Crippen molar-refractivity contribution in [3.8, 4) is 0 Å². The van der Waals surface area contributed by atoms with Crippen molar-refractivity contribution >= 4 is 0 Å². The number of benzene rings is 1. The Labute approximate surface area is 135 Å². The Hall–Kier alpha value is -0.860. The lowest BCUT2D eigenvalue weighted by Gasteiger charge is -2.64. The smallest absolute Gasteiger partial charge is 0.0634 e. The minimum Gasteiger partial charge on any atom is -0.390 e. The van der Waals surface area contributed by atoms with Gasteiger partial charge in [-0.15, -0.1) is 0 Å². The largest absolute Gasteiger partial charge is 0.390 e. The molecule has 2 aliphatic heterocycles. The molecule has 4 rings (SSSR count). The molecule has 5 unspecified atom stereocenters. The molecule has 1 aromatic rings. The second-order valence-electron chi connectivity index (χ2n) is 8.51. The van der Waals surface area contributed by atoms with Crippen LogP contribution in [-0.4, -0.2) is 27.7 Å². The van der Waals surface area contributed by atoms with E-state index in [1.54, 1.807) is 0 Å². The monoisotopic (exact) mass is 301 g/mol. The third-order valence-corrected chi connectivity index (χ3v) is 6.84. The van der Waals surface area contributed by atoms with E-state index in [0.29, 0.717) is 23.4 Å². The lowest BCUT2D eigenvalue weighted by atomic mass is 9.53. The van der Waals surface area contributed by atoms with Crippen molar-refractivity contribution < 1.29 is 5.11 Å². The van der Waals surface area contributed by atoms with Crippen LogP contribution in [0.1, 0.15) is 53.0 Å². The van der Waals surface area contributed by atoms with Crippen LogP contribution in [-0.2, 0) is 6.54 Å². The van der Waals surface area contributed by atoms with Gasteiger partial charge in [0.25, 0.3) is 0 Å². The van der Waals surface area contributed by atoms with Crippen molar-refractivity contribution in [1.82, 2.24) is 4.90 Å². The van der Waals surface area contributed by atoms with Gasteiger partial charge < -0.3 is 5.11 Å². The van der Waals surface area contributed by atoms with Crippen LogP contribution in [0, 0.1) is 17.3 Å². The molecule has 5 atom stereocenters. The summed E-state index contributed by atoms with van der Waals surface area (Å²) in [5.74, 6) is 1.10. The fourth-order valence-electron chi connectivity index (χ4n) is 4.99. The molecule has 1 N–H and O–H groups in total. The van der Waals surface area contributed by atoms with Crippen LogP contribution >= 0.6 is 0 Å².